The fraction of sp³-hybridized carbons (Fsp3) is 0.773. The molecule has 1 aliphatic carbocycles. The van der Waals surface area contributed by atoms with E-state index in [-0.39, 0.29) is 17.4 Å². The third-order valence-electron chi connectivity index (χ3n) is 5.33. The van der Waals surface area contributed by atoms with Gasteiger partial charge in [0, 0.05) is 31.2 Å². The van der Waals surface area contributed by atoms with Gasteiger partial charge < -0.3 is 15.0 Å². The molecule has 1 aromatic rings. The summed E-state index contributed by atoms with van der Waals surface area (Å²) in [7, 11) is 0. The van der Waals surface area contributed by atoms with E-state index in [0.29, 0.717) is 24.7 Å². The summed E-state index contributed by atoms with van der Waals surface area (Å²) in [5.41, 5.74) is 1.07. The second kappa shape index (κ2) is 8.00. The van der Waals surface area contributed by atoms with Crippen LogP contribution in [0.15, 0.2) is 6.07 Å². The highest BCUT2D eigenvalue weighted by atomic mass is 16.6. The lowest BCUT2D eigenvalue weighted by Gasteiger charge is -2.32. The molecule has 1 unspecified atom stereocenters. The first-order chi connectivity index (χ1) is 13.4. The van der Waals surface area contributed by atoms with Crippen LogP contribution in [0.3, 0.4) is 0 Å². The molecule has 3 rings (SSSR count). The van der Waals surface area contributed by atoms with Crippen LogP contribution < -0.4 is 5.32 Å². The molecular weight excluding hydrogens is 368 g/mol. The highest BCUT2D eigenvalue weighted by molar-refractivity contribution is 5.92. The van der Waals surface area contributed by atoms with E-state index in [4.69, 9.17) is 9.84 Å². The molecule has 162 valence electrons. The van der Waals surface area contributed by atoms with Crippen molar-refractivity contribution in [3.8, 4) is 0 Å². The van der Waals surface area contributed by atoms with Gasteiger partial charge in [-0.1, -0.05) is 0 Å². The number of piperidine rings is 1. The van der Waals surface area contributed by atoms with Gasteiger partial charge in [0.05, 0.1) is 5.54 Å². The molecule has 7 nitrogen and oxygen atoms in total. The summed E-state index contributed by atoms with van der Waals surface area (Å²) in [5.74, 6) is 0.764. The zero-order valence-electron chi connectivity index (χ0n) is 18.7. The SMILES string of the molecule is CC(C)(C)OC(=O)NCC1CCCN(C(=O)c2cc(C3CC3)n(C(C)(C)C)n2)C1. The van der Waals surface area contributed by atoms with Gasteiger partial charge in [0.25, 0.3) is 5.91 Å². The molecule has 0 aromatic carbocycles. The van der Waals surface area contributed by atoms with Crippen LogP contribution in [0.25, 0.3) is 0 Å². The lowest BCUT2D eigenvalue weighted by molar-refractivity contribution is 0.0502. The summed E-state index contributed by atoms with van der Waals surface area (Å²) >= 11 is 0. The number of alkyl carbamates (subject to hydrolysis) is 1. The molecule has 0 spiro atoms. The van der Waals surface area contributed by atoms with E-state index in [0.717, 1.165) is 19.4 Å². The molecule has 1 saturated heterocycles. The van der Waals surface area contributed by atoms with Crippen LogP contribution in [0.5, 0.6) is 0 Å². The number of ether oxygens (including phenoxy) is 1. The monoisotopic (exact) mass is 404 g/mol. The summed E-state index contributed by atoms with van der Waals surface area (Å²) < 4.78 is 7.34. The zero-order valence-corrected chi connectivity index (χ0v) is 18.7. The maximum Gasteiger partial charge on any atom is 0.407 e. The molecule has 2 fully saturated rings. The Bertz CT molecular complexity index is 753. The predicted octanol–water partition coefficient (Wildman–Crippen LogP) is 3.89. The number of carbonyl (C=O) groups is 2. The minimum atomic E-state index is -0.510. The number of likely N-dealkylation sites (tertiary alicyclic amines) is 1. The van der Waals surface area contributed by atoms with E-state index < -0.39 is 11.7 Å². The van der Waals surface area contributed by atoms with Gasteiger partial charge in [0.1, 0.15) is 5.60 Å². The standard InChI is InChI=1S/C22H36N4O3/c1-21(2,3)26-18(16-9-10-16)12-17(24-26)19(27)25-11-7-8-15(14-25)13-23-20(28)29-22(4,5)6/h12,15-16H,7-11,13-14H2,1-6H3,(H,23,28). The molecule has 1 aliphatic heterocycles. The predicted molar refractivity (Wildman–Crippen MR) is 112 cm³/mol. The Balaban J connectivity index is 1.62. The van der Waals surface area contributed by atoms with Gasteiger partial charge in [0.2, 0.25) is 0 Å². The van der Waals surface area contributed by atoms with Crippen LogP contribution in [0.2, 0.25) is 0 Å². The number of nitrogens with zero attached hydrogens (tertiary/aromatic N) is 3. The van der Waals surface area contributed by atoms with Crippen molar-refractivity contribution in [2.75, 3.05) is 19.6 Å². The summed E-state index contributed by atoms with van der Waals surface area (Å²) in [6.45, 7) is 13.8. The van der Waals surface area contributed by atoms with Crippen molar-refractivity contribution >= 4 is 12.0 Å². The number of aromatic nitrogens is 2. The fourth-order valence-corrected chi connectivity index (χ4v) is 3.83. The van der Waals surface area contributed by atoms with E-state index in [1.165, 1.54) is 18.5 Å². The van der Waals surface area contributed by atoms with Crippen molar-refractivity contribution in [3.05, 3.63) is 17.5 Å². The molecular formula is C22H36N4O3. The molecule has 0 bridgehead atoms. The minimum Gasteiger partial charge on any atom is -0.444 e. The third-order valence-corrected chi connectivity index (χ3v) is 5.33. The van der Waals surface area contributed by atoms with Gasteiger partial charge in [-0.3, -0.25) is 9.48 Å². The van der Waals surface area contributed by atoms with Crippen molar-refractivity contribution in [1.29, 1.82) is 0 Å². The van der Waals surface area contributed by atoms with Crippen molar-refractivity contribution in [3.63, 3.8) is 0 Å². The second-order valence-electron chi connectivity index (χ2n) is 10.5. The quantitative estimate of drug-likeness (QED) is 0.826. The molecule has 2 aliphatic rings. The van der Waals surface area contributed by atoms with Gasteiger partial charge in [-0.2, -0.15) is 5.10 Å². The smallest absolute Gasteiger partial charge is 0.407 e. The van der Waals surface area contributed by atoms with Crippen LogP contribution in [-0.4, -0.2) is 51.9 Å². The Morgan fingerprint density at radius 3 is 2.45 bits per heavy atom. The fourth-order valence-electron chi connectivity index (χ4n) is 3.83. The molecule has 1 saturated carbocycles. The van der Waals surface area contributed by atoms with Crippen LogP contribution >= 0.6 is 0 Å². The summed E-state index contributed by atoms with van der Waals surface area (Å²) in [4.78, 5) is 26.9. The van der Waals surface area contributed by atoms with Crippen LogP contribution in [0.4, 0.5) is 4.79 Å². The molecule has 1 aromatic heterocycles. The summed E-state index contributed by atoms with van der Waals surface area (Å²) in [6.07, 6.45) is 3.87. The van der Waals surface area contributed by atoms with E-state index in [2.05, 4.69) is 26.1 Å². The highest BCUT2D eigenvalue weighted by Gasteiger charge is 2.34. The third kappa shape index (κ3) is 5.73. The maximum atomic E-state index is 13.1. The normalized spacial score (nSPS) is 20.5. The Morgan fingerprint density at radius 2 is 1.86 bits per heavy atom. The summed E-state index contributed by atoms with van der Waals surface area (Å²) in [5, 5.41) is 7.54. The molecule has 2 amide bonds. The molecule has 7 heteroatoms. The van der Waals surface area contributed by atoms with Gasteiger partial charge in [0.15, 0.2) is 5.69 Å². The van der Waals surface area contributed by atoms with E-state index in [1.54, 1.807) is 0 Å². The Kier molecular flexibility index (Phi) is 5.97. The topological polar surface area (TPSA) is 76.5 Å². The average molecular weight is 405 g/mol. The van der Waals surface area contributed by atoms with Gasteiger partial charge in [-0.15, -0.1) is 0 Å². The molecule has 29 heavy (non-hydrogen) atoms. The number of nitrogens with one attached hydrogen (secondary N) is 1. The first-order valence-corrected chi connectivity index (χ1v) is 10.8. The molecule has 0 radical (unpaired) electrons. The Labute approximate surface area is 174 Å². The lowest BCUT2D eigenvalue weighted by atomic mass is 9.97. The van der Waals surface area contributed by atoms with Crippen LogP contribution in [0, 0.1) is 5.92 Å². The largest absolute Gasteiger partial charge is 0.444 e. The van der Waals surface area contributed by atoms with Crippen molar-refractivity contribution in [2.24, 2.45) is 5.92 Å². The van der Waals surface area contributed by atoms with E-state index >= 15 is 0 Å². The lowest BCUT2D eigenvalue weighted by Crippen LogP contribution is -2.44. The van der Waals surface area contributed by atoms with Crippen molar-refractivity contribution in [2.45, 2.75) is 84.3 Å². The van der Waals surface area contributed by atoms with Crippen molar-refractivity contribution in [1.82, 2.24) is 20.0 Å². The number of hydrogen-bond acceptors (Lipinski definition) is 4. The first kappa shape index (κ1) is 21.7. The number of rotatable bonds is 4. The van der Waals surface area contributed by atoms with Gasteiger partial charge in [-0.25, -0.2) is 4.79 Å². The molecule has 1 N–H and O–H groups in total. The highest BCUT2D eigenvalue weighted by Crippen LogP contribution is 2.41. The zero-order chi connectivity index (χ0) is 21.4. The minimum absolute atomic E-state index is 0.00290. The van der Waals surface area contributed by atoms with Gasteiger partial charge >= 0.3 is 6.09 Å². The molecule has 2 heterocycles. The van der Waals surface area contributed by atoms with Crippen LogP contribution in [0.1, 0.15) is 89.3 Å². The summed E-state index contributed by atoms with van der Waals surface area (Å²) in [6, 6.07) is 1.99. The van der Waals surface area contributed by atoms with E-state index in [1.807, 2.05) is 36.4 Å². The van der Waals surface area contributed by atoms with Crippen molar-refractivity contribution < 1.29 is 14.3 Å². The Morgan fingerprint density at radius 1 is 1.17 bits per heavy atom. The second-order valence-corrected chi connectivity index (χ2v) is 10.5. The maximum absolute atomic E-state index is 13.1. The Hall–Kier alpha value is -2.05. The number of hydrogen-bond donors (Lipinski definition) is 1. The number of carbonyl (C=O) groups excluding carboxylic acids is 2. The van der Waals surface area contributed by atoms with E-state index in [9.17, 15) is 9.59 Å². The first-order valence-electron chi connectivity index (χ1n) is 10.8. The van der Waals surface area contributed by atoms with Gasteiger partial charge in [-0.05, 0) is 79.2 Å². The number of amides is 2. The molecule has 1 atom stereocenters. The van der Waals surface area contributed by atoms with Crippen LogP contribution in [-0.2, 0) is 10.3 Å². The average Bonchev–Trinajstić information content (AvgIpc) is 3.35.